The van der Waals surface area contributed by atoms with Crippen LogP contribution in [-0.4, -0.2) is 28.9 Å². The van der Waals surface area contributed by atoms with Crippen molar-refractivity contribution < 1.29 is 14.0 Å². The highest BCUT2D eigenvalue weighted by atomic mass is 16.5. The molecule has 0 aliphatic heterocycles. The van der Waals surface area contributed by atoms with Gasteiger partial charge in [-0.1, -0.05) is 29.4 Å². The van der Waals surface area contributed by atoms with Gasteiger partial charge in [0.2, 0.25) is 0 Å². The van der Waals surface area contributed by atoms with Gasteiger partial charge in [0.1, 0.15) is 5.69 Å². The van der Waals surface area contributed by atoms with Crippen LogP contribution >= 0.6 is 0 Å². The van der Waals surface area contributed by atoms with E-state index in [1.54, 1.807) is 19.4 Å². The second kappa shape index (κ2) is 6.57. The van der Waals surface area contributed by atoms with E-state index in [0.29, 0.717) is 23.0 Å². The highest BCUT2D eigenvalue weighted by Gasteiger charge is 2.18. The van der Waals surface area contributed by atoms with E-state index in [9.17, 15) is 4.79 Å². The van der Waals surface area contributed by atoms with Crippen LogP contribution in [0.3, 0.4) is 0 Å². The predicted octanol–water partition coefficient (Wildman–Crippen LogP) is 2.27. The topological polar surface area (TPSA) is 79.4 Å². The summed E-state index contributed by atoms with van der Waals surface area (Å²) >= 11 is 0. The van der Waals surface area contributed by atoms with Crippen molar-refractivity contribution in [3.8, 4) is 22.9 Å². The fourth-order valence-electron chi connectivity index (χ4n) is 2.54. The number of nitrogens with zero attached hydrogens (tertiary/aromatic N) is 3. The predicted molar refractivity (Wildman–Crippen MR) is 87.4 cm³/mol. The molecule has 0 saturated heterocycles. The lowest BCUT2D eigenvalue weighted by atomic mass is 10.1. The molecular weight excluding hydrogens is 310 g/mol. The first kappa shape index (κ1) is 15.8. The zero-order valence-corrected chi connectivity index (χ0v) is 13.6. The van der Waals surface area contributed by atoms with Gasteiger partial charge in [-0.15, -0.1) is 0 Å². The highest BCUT2D eigenvalue weighted by Crippen LogP contribution is 2.30. The first-order valence-electron chi connectivity index (χ1n) is 7.34. The van der Waals surface area contributed by atoms with Crippen molar-refractivity contribution in [2.24, 2.45) is 0 Å². The Morgan fingerprint density at radius 1 is 1.17 bits per heavy atom. The molecule has 0 spiro atoms. The van der Waals surface area contributed by atoms with Gasteiger partial charge in [-0.25, -0.2) is 4.79 Å². The lowest BCUT2D eigenvalue weighted by molar-refractivity contribution is 0.347. The van der Waals surface area contributed by atoms with Crippen LogP contribution in [0, 0.1) is 6.92 Å². The Kier molecular flexibility index (Phi) is 4.33. The van der Waals surface area contributed by atoms with Crippen molar-refractivity contribution in [1.82, 2.24) is 14.7 Å². The lowest BCUT2D eigenvalue weighted by Crippen LogP contribution is -2.18. The summed E-state index contributed by atoms with van der Waals surface area (Å²) in [6.07, 6.45) is 1.60. The molecule has 124 valence electrons. The normalized spacial score (nSPS) is 10.6. The second-order valence-electron chi connectivity index (χ2n) is 5.17. The van der Waals surface area contributed by atoms with Crippen LogP contribution in [0.1, 0.15) is 11.3 Å². The fourth-order valence-corrected chi connectivity index (χ4v) is 2.54. The summed E-state index contributed by atoms with van der Waals surface area (Å²) in [7, 11) is 3.08. The summed E-state index contributed by atoms with van der Waals surface area (Å²) in [5.74, 6) is 0.915. The fraction of sp³-hybridized carbons (Fsp3) is 0.235. The molecule has 0 atom stereocenters. The summed E-state index contributed by atoms with van der Waals surface area (Å²) in [6.45, 7) is 2.11. The molecule has 3 aromatic rings. The molecule has 0 fully saturated rings. The Hall–Kier alpha value is -3.09. The molecule has 24 heavy (non-hydrogen) atoms. The number of rotatable bonds is 5. The SMILES string of the molecule is COc1ccnc(Cn2c(-c3ccccc3C)noc2=O)c1OC. The minimum atomic E-state index is -0.556. The monoisotopic (exact) mass is 327 g/mol. The maximum Gasteiger partial charge on any atom is 0.442 e. The molecule has 1 aromatic carbocycles. The number of methoxy groups -OCH3 is 2. The number of hydrogen-bond donors (Lipinski definition) is 0. The van der Waals surface area contributed by atoms with Gasteiger partial charge in [0, 0.05) is 17.8 Å². The van der Waals surface area contributed by atoms with E-state index < -0.39 is 5.76 Å². The van der Waals surface area contributed by atoms with Crippen LogP contribution in [0.5, 0.6) is 11.5 Å². The second-order valence-corrected chi connectivity index (χ2v) is 5.17. The first-order chi connectivity index (χ1) is 11.7. The van der Waals surface area contributed by atoms with Crippen LogP contribution in [0.2, 0.25) is 0 Å². The van der Waals surface area contributed by atoms with Gasteiger partial charge in [-0.2, -0.15) is 0 Å². The van der Waals surface area contributed by atoms with E-state index in [0.717, 1.165) is 11.1 Å². The van der Waals surface area contributed by atoms with Crippen LogP contribution in [0.25, 0.3) is 11.4 Å². The van der Waals surface area contributed by atoms with Crippen LogP contribution < -0.4 is 15.2 Å². The van der Waals surface area contributed by atoms with Gasteiger partial charge < -0.3 is 9.47 Å². The van der Waals surface area contributed by atoms with Gasteiger partial charge in [-0.3, -0.25) is 14.1 Å². The summed E-state index contributed by atoms with van der Waals surface area (Å²) in [6, 6.07) is 9.34. The third-order valence-electron chi connectivity index (χ3n) is 3.75. The molecule has 0 saturated carbocycles. The standard InChI is InChI=1S/C17H17N3O4/c1-11-6-4-5-7-12(11)16-19-24-17(21)20(16)10-13-15(23-3)14(22-2)8-9-18-13/h4-9H,10H2,1-3H3. The molecule has 0 unspecified atom stereocenters. The van der Waals surface area contributed by atoms with Gasteiger partial charge in [0.05, 0.1) is 20.8 Å². The maximum atomic E-state index is 12.1. The van der Waals surface area contributed by atoms with Gasteiger partial charge in [-0.05, 0) is 12.5 Å². The van der Waals surface area contributed by atoms with Crippen LogP contribution in [0.4, 0.5) is 0 Å². The zero-order chi connectivity index (χ0) is 17.1. The molecule has 0 amide bonds. The number of benzene rings is 1. The van der Waals surface area contributed by atoms with Gasteiger partial charge >= 0.3 is 5.76 Å². The van der Waals surface area contributed by atoms with Crippen molar-refractivity contribution in [3.63, 3.8) is 0 Å². The summed E-state index contributed by atoms with van der Waals surface area (Å²) < 4.78 is 16.9. The van der Waals surface area contributed by atoms with Crippen molar-refractivity contribution in [2.75, 3.05) is 14.2 Å². The Morgan fingerprint density at radius 2 is 1.96 bits per heavy atom. The molecule has 7 heteroatoms. The maximum absolute atomic E-state index is 12.1. The Morgan fingerprint density at radius 3 is 2.67 bits per heavy atom. The molecule has 0 N–H and O–H groups in total. The van der Waals surface area contributed by atoms with E-state index in [1.807, 2.05) is 31.2 Å². The molecule has 0 radical (unpaired) electrons. The van der Waals surface area contributed by atoms with Gasteiger partial charge in [0.25, 0.3) is 0 Å². The smallest absolute Gasteiger partial charge is 0.442 e. The van der Waals surface area contributed by atoms with Gasteiger partial charge in [0.15, 0.2) is 17.3 Å². The molecule has 3 rings (SSSR count). The minimum absolute atomic E-state index is 0.159. The summed E-state index contributed by atoms with van der Waals surface area (Å²) in [5, 5.41) is 3.92. The van der Waals surface area contributed by atoms with Crippen LogP contribution in [-0.2, 0) is 6.54 Å². The number of aromatic nitrogens is 3. The average molecular weight is 327 g/mol. The molecule has 0 bridgehead atoms. The van der Waals surface area contributed by atoms with E-state index >= 15 is 0 Å². The number of ether oxygens (including phenoxy) is 2. The number of hydrogen-bond acceptors (Lipinski definition) is 6. The van der Waals surface area contributed by atoms with Crippen molar-refractivity contribution in [2.45, 2.75) is 13.5 Å². The van der Waals surface area contributed by atoms with Crippen molar-refractivity contribution in [1.29, 1.82) is 0 Å². The molecule has 2 heterocycles. The Labute approximate surface area is 138 Å². The quantitative estimate of drug-likeness (QED) is 0.715. The molecule has 2 aromatic heterocycles. The minimum Gasteiger partial charge on any atom is -0.493 e. The zero-order valence-electron chi connectivity index (χ0n) is 13.6. The van der Waals surface area contributed by atoms with E-state index in [1.165, 1.54) is 11.7 Å². The average Bonchev–Trinajstić information content (AvgIpc) is 2.95. The molecule has 0 aliphatic carbocycles. The Bertz CT molecular complexity index is 914. The number of pyridine rings is 1. The van der Waals surface area contributed by atoms with Crippen LogP contribution in [0.15, 0.2) is 45.8 Å². The Balaban J connectivity index is 2.09. The molecule has 7 nitrogen and oxygen atoms in total. The molecular formula is C17H17N3O4. The molecule has 0 aliphatic rings. The third kappa shape index (κ3) is 2.76. The lowest BCUT2D eigenvalue weighted by Gasteiger charge is -2.12. The third-order valence-corrected chi connectivity index (χ3v) is 3.75. The van der Waals surface area contributed by atoms with E-state index in [2.05, 4.69) is 10.1 Å². The first-order valence-corrected chi connectivity index (χ1v) is 7.34. The number of aryl methyl sites for hydroxylation is 1. The summed E-state index contributed by atoms with van der Waals surface area (Å²) in [4.78, 5) is 16.4. The highest BCUT2D eigenvalue weighted by molar-refractivity contribution is 5.59. The van der Waals surface area contributed by atoms with Crippen molar-refractivity contribution >= 4 is 0 Å². The largest absolute Gasteiger partial charge is 0.493 e. The summed E-state index contributed by atoms with van der Waals surface area (Å²) in [5.41, 5.74) is 2.37. The van der Waals surface area contributed by atoms with E-state index in [-0.39, 0.29) is 6.54 Å². The van der Waals surface area contributed by atoms with Crippen molar-refractivity contribution in [3.05, 3.63) is 58.3 Å². The van der Waals surface area contributed by atoms with E-state index in [4.69, 9.17) is 14.0 Å².